The second-order valence-corrected chi connectivity index (χ2v) is 4.21. The average molecular weight is 269 g/mol. The van der Waals surface area contributed by atoms with Crippen molar-refractivity contribution in [3.8, 4) is 0 Å². The number of ketones is 2. The number of rotatable bonds is 4. The molecule has 20 heavy (non-hydrogen) atoms. The van der Waals surface area contributed by atoms with Crippen LogP contribution in [0.5, 0.6) is 0 Å². The number of nitrogens with zero attached hydrogens (tertiary/aromatic N) is 1. The molecule has 0 amide bonds. The molecule has 0 aliphatic heterocycles. The predicted molar refractivity (Wildman–Crippen MR) is 73.0 cm³/mol. The van der Waals surface area contributed by atoms with Crippen molar-refractivity contribution >= 4 is 17.3 Å². The van der Waals surface area contributed by atoms with E-state index in [1.165, 1.54) is 37.3 Å². The van der Waals surface area contributed by atoms with E-state index in [-0.39, 0.29) is 28.2 Å². The molecule has 100 valence electrons. The Balaban J connectivity index is 2.59. The maximum atomic E-state index is 12.4. The smallest absolute Gasteiger partial charge is 0.280 e. The highest BCUT2D eigenvalue weighted by atomic mass is 16.6. The lowest BCUT2D eigenvalue weighted by Crippen LogP contribution is -2.10. The molecule has 0 N–H and O–H groups in total. The molecule has 5 heteroatoms. The fraction of sp³-hybridized carbons (Fsp3) is 0.0667. The third-order valence-electron chi connectivity index (χ3n) is 2.90. The quantitative estimate of drug-likeness (QED) is 0.485. The van der Waals surface area contributed by atoms with E-state index in [2.05, 4.69) is 0 Å². The minimum absolute atomic E-state index is 0.0220. The van der Waals surface area contributed by atoms with Gasteiger partial charge in [0, 0.05) is 17.2 Å². The molecule has 0 aliphatic rings. The number of para-hydroxylation sites is 1. The highest BCUT2D eigenvalue weighted by Gasteiger charge is 2.23. The molecule has 0 aliphatic carbocycles. The molecule has 0 unspecified atom stereocenters. The number of nitro groups is 1. The van der Waals surface area contributed by atoms with Crippen LogP contribution in [0.4, 0.5) is 5.69 Å². The first-order valence-electron chi connectivity index (χ1n) is 5.90. The summed E-state index contributed by atoms with van der Waals surface area (Å²) in [5, 5.41) is 11.0. The van der Waals surface area contributed by atoms with Crippen molar-refractivity contribution in [1.29, 1.82) is 0 Å². The van der Waals surface area contributed by atoms with E-state index in [9.17, 15) is 19.7 Å². The Morgan fingerprint density at radius 2 is 1.40 bits per heavy atom. The number of Topliss-reactive ketones (excluding diaryl/α,β-unsaturated/α-hetero) is 1. The SMILES string of the molecule is CC(=O)c1ccccc1C(=O)c1ccccc1[N+](=O)[O-]. The van der Waals surface area contributed by atoms with Crippen LogP contribution in [0, 0.1) is 10.1 Å². The lowest BCUT2D eigenvalue weighted by atomic mass is 9.95. The van der Waals surface area contributed by atoms with Gasteiger partial charge in [0.15, 0.2) is 5.78 Å². The summed E-state index contributed by atoms with van der Waals surface area (Å²) in [6.07, 6.45) is 0. The van der Waals surface area contributed by atoms with E-state index in [4.69, 9.17) is 0 Å². The first-order chi connectivity index (χ1) is 9.52. The van der Waals surface area contributed by atoms with E-state index in [0.29, 0.717) is 0 Å². The number of hydrogen-bond donors (Lipinski definition) is 0. The van der Waals surface area contributed by atoms with Crippen LogP contribution in [0.25, 0.3) is 0 Å². The molecule has 2 aromatic rings. The molecule has 0 atom stereocenters. The Morgan fingerprint density at radius 3 is 1.95 bits per heavy atom. The number of carbonyl (C=O) groups excluding carboxylic acids is 2. The van der Waals surface area contributed by atoms with E-state index in [1.807, 2.05) is 0 Å². The molecule has 0 fully saturated rings. The molecule has 2 aromatic carbocycles. The Kier molecular flexibility index (Phi) is 3.70. The van der Waals surface area contributed by atoms with Crippen LogP contribution in [-0.2, 0) is 0 Å². The lowest BCUT2D eigenvalue weighted by Gasteiger charge is -2.06. The molecule has 5 nitrogen and oxygen atoms in total. The van der Waals surface area contributed by atoms with Crippen LogP contribution < -0.4 is 0 Å². The van der Waals surface area contributed by atoms with Gasteiger partial charge < -0.3 is 0 Å². The molecule has 0 spiro atoms. The zero-order valence-corrected chi connectivity index (χ0v) is 10.7. The maximum Gasteiger partial charge on any atom is 0.280 e. The Hall–Kier alpha value is -2.82. The van der Waals surface area contributed by atoms with Gasteiger partial charge in [0.2, 0.25) is 5.78 Å². The zero-order chi connectivity index (χ0) is 14.7. The van der Waals surface area contributed by atoms with Crippen LogP contribution in [0.3, 0.4) is 0 Å². The third kappa shape index (κ3) is 2.47. The first kappa shape index (κ1) is 13.6. The van der Waals surface area contributed by atoms with E-state index in [1.54, 1.807) is 18.2 Å². The summed E-state index contributed by atoms with van der Waals surface area (Å²) in [4.78, 5) is 34.3. The Bertz CT molecular complexity index is 647. The topological polar surface area (TPSA) is 77.3 Å². The summed E-state index contributed by atoms with van der Waals surface area (Å²) < 4.78 is 0. The summed E-state index contributed by atoms with van der Waals surface area (Å²) in [5.74, 6) is -0.782. The summed E-state index contributed by atoms with van der Waals surface area (Å²) >= 11 is 0. The summed E-state index contributed by atoms with van der Waals surface area (Å²) in [7, 11) is 0. The molecule has 0 saturated carbocycles. The molecule has 0 aromatic heterocycles. The molecule has 0 bridgehead atoms. The molecule has 0 radical (unpaired) electrons. The Morgan fingerprint density at radius 1 is 0.900 bits per heavy atom. The van der Waals surface area contributed by atoms with Crippen LogP contribution >= 0.6 is 0 Å². The van der Waals surface area contributed by atoms with Crippen molar-refractivity contribution in [3.63, 3.8) is 0 Å². The van der Waals surface area contributed by atoms with Crippen molar-refractivity contribution in [2.45, 2.75) is 6.92 Å². The fourth-order valence-corrected chi connectivity index (χ4v) is 1.96. The molecular formula is C15H11NO4. The number of carbonyl (C=O) groups is 2. The third-order valence-corrected chi connectivity index (χ3v) is 2.90. The molecule has 0 heterocycles. The minimum Gasteiger partial charge on any atom is -0.294 e. The van der Waals surface area contributed by atoms with Crippen molar-refractivity contribution in [1.82, 2.24) is 0 Å². The predicted octanol–water partition coefficient (Wildman–Crippen LogP) is 3.03. The van der Waals surface area contributed by atoms with Gasteiger partial charge >= 0.3 is 0 Å². The van der Waals surface area contributed by atoms with Crippen LogP contribution in [0.2, 0.25) is 0 Å². The van der Waals surface area contributed by atoms with Crippen molar-refractivity contribution in [2.24, 2.45) is 0 Å². The van der Waals surface area contributed by atoms with Gasteiger partial charge in [-0.3, -0.25) is 19.7 Å². The maximum absolute atomic E-state index is 12.4. The van der Waals surface area contributed by atoms with E-state index < -0.39 is 10.7 Å². The number of nitro benzene ring substituents is 1. The van der Waals surface area contributed by atoms with Crippen LogP contribution in [0.1, 0.15) is 33.2 Å². The largest absolute Gasteiger partial charge is 0.294 e. The molecular weight excluding hydrogens is 258 g/mol. The zero-order valence-electron chi connectivity index (χ0n) is 10.7. The van der Waals surface area contributed by atoms with Gasteiger partial charge in [-0.15, -0.1) is 0 Å². The lowest BCUT2D eigenvalue weighted by molar-refractivity contribution is -0.385. The number of hydrogen-bond acceptors (Lipinski definition) is 4. The Labute approximate surface area is 115 Å². The van der Waals surface area contributed by atoms with Gasteiger partial charge in [-0.05, 0) is 13.0 Å². The van der Waals surface area contributed by atoms with E-state index in [0.717, 1.165) is 0 Å². The monoisotopic (exact) mass is 269 g/mol. The van der Waals surface area contributed by atoms with Gasteiger partial charge in [0.05, 0.1) is 4.92 Å². The van der Waals surface area contributed by atoms with Crippen molar-refractivity contribution < 1.29 is 14.5 Å². The highest BCUT2D eigenvalue weighted by molar-refractivity contribution is 6.16. The first-order valence-corrected chi connectivity index (χ1v) is 5.90. The average Bonchev–Trinajstić information content (AvgIpc) is 2.46. The fourth-order valence-electron chi connectivity index (χ4n) is 1.96. The summed E-state index contributed by atoms with van der Waals surface area (Å²) in [6, 6.07) is 12.0. The normalized spacial score (nSPS) is 10.1. The summed E-state index contributed by atoms with van der Waals surface area (Å²) in [6.45, 7) is 1.35. The second kappa shape index (κ2) is 5.44. The number of benzene rings is 2. The van der Waals surface area contributed by atoms with Gasteiger partial charge in [0.25, 0.3) is 5.69 Å². The van der Waals surface area contributed by atoms with Crippen LogP contribution in [0.15, 0.2) is 48.5 Å². The van der Waals surface area contributed by atoms with Gasteiger partial charge in [-0.25, -0.2) is 0 Å². The van der Waals surface area contributed by atoms with E-state index >= 15 is 0 Å². The van der Waals surface area contributed by atoms with Gasteiger partial charge in [-0.1, -0.05) is 36.4 Å². The highest BCUT2D eigenvalue weighted by Crippen LogP contribution is 2.23. The van der Waals surface area contributed by atoms with Crippen molar-refractivity contribution in [2.75, 3.05) is 0 Å². The molecule has 2 rings (SSSR count). The standard InChI is InChI=1S/C15H11NO4/c1-10(17)11-6-2-3-7-12(11)15(18)13-8-4-5-9-14(13)16(19)20/h2-9H,1H3. The van der Waals surface area contributed by atoms with Crippen molar-refractivity contribution in [3.05, 3.63) is 75.3 Å². The summed E-state index contributed by atoms with van der Waals surface area (Å²) in [5.41, 5.74) is 0.145. The van der Waals surface area contributed by atoms with Crippen LogP contribution in [-0.4, -0.2) is 16.5 Å². The minimum atomic E-state index is -0.608. The molecule has 0 saturated heterocycles. The second-order valence-electron chi connectivity index (χ2n) is 4.21. The van der Waals surface area contributed by atoms with Gasteiger partial charge in [-0.2, -0.15) is 0 Å². The van der Waals surface area contributed by atoms with Gasteiger partial charge in [0.1, 0.15) is 5.56 Å².